The van der Waals surface area contributed by atoms with Gasteiger partial charge in [-0.2, -0.15) is 4.31 Å². The molecule has 1 aromatic heterocycles. The quantitative estimate of drug-likeness (QED) is 0.817. The Labute approximate surface area is 147 Å². The highest BCUT2D eigenvalue weighted by atomic mass is 32.2. The molecule has 0 aliphatic carbocycles. The minimum absolute atomic E-state index is 0.0711. The Bertz CT molecular complexity index is 884. The first kappa shape index (κ1) is 19.3. The lowest BCUT2D eigenvalue weighted by molar-refractivity contribution is -0.116. The summed E-state index contributed by atoms with van der Waals surface area (Å²) in [5, 5.41) is 8.27. The normalized spacial score (nSPS) is 12.0. The number of hydrogen-bond acceptors (Lipinski definition) is 6. The average Bonchev–Trinajstić information content (AvgIpc) is 2.98. The fourth-order valence-electron chi connectivity index (χ4n) is 1.87. The highest BCUT2D eigenvalue weighted by molar-refractivity contribution is 7.89. The molecule has 25 heavy (non-hydrogen) atoms. The largest absolute Gasteiger partial charge is 0.299 e. The van der Waals surface area contributed by atoms with Crippen LogP contribution in [-0.4, -0.2) is 42.4 Å². The summed E-state index contributed by atoms with van der Waals surface area (Å²) in [4.78, 5) is 12.0. The second kappa shape index (κ2) is 7.50. The van der Waals surface area contributed by atoms with Crippen LogP contribution in [0.1, 0.15) is 22.6 Å². The average molecular weight is 390 g/mol. The number of halogens is 2. The maximum atomic E-state index is 12.5. The van der Waals surface area contributed by atoms with Crippen LogP contribution in [0.25, 0.3) is 0 Å². The zero-order valence-electron chi connectivity index (χ0n) is 13.7. The van der Waals surface area contributed by atoms with Crippen LogP contribution >= 0.6 is 11.3 Å². The third-order valence-corrected chi connectivity index (χ3v) is 6.07. The van der Waals surface area contributed by atoms with Crippen molar-refractivity contribution in [1.82, 2.24) is 14.5 Å². The summed E-state index contributed by atoms with van der Waals surface area (Å²) < 4.78 is 50.8. The molecule has 0 bridgehead atoms. The molecule has 0 saturated carbocycles. The monoisotopic (exact) mass is 390 g/mol. The molecular formula is C14H16F2N4O3S2. The van der Waals surface area contributed by atoms with Crippen molar-refractivity contribution >= 4 is 32.4 Å². The lowest BCUT2D eigenvalue weighted by Gasteiger charge is -2.17. The number of rotatable bonds is 6. The van der Waals surface area contributed by atoms with Crippen molar-refractivity contribution in [3.8, 4) is 0 Å². The van der Waals surface area contributed by atoms with E-state index in [1.807, 2.05) is 6.92 Å². The summed E-state index contributed by atoms with van der Waals surface area (Å²) in [6.07, 6.45) is -2.78. The number of aryl methyl sites for hydroxylation is 2. The Hall–Kier alpha value is -1.98. The molecule has 0 radical (unpaired) electrons. The summed E-state index contributed by atoms with van der Waals surface area (Å²) >= 11 is 0.532. The van der Waals surface area contributed by atoms with Crippen molar-refractivity contribution in [2.45, 2.75) is 25.2 Å². The van der Waals surface area contributed by atoms with Gasteiger partial charge in [0, 0.05) is 7.05 Å². The van der Waals surface area contributed by atoms with E-state index in [0.717, 1.165) is 15.4 Å². The molecular weight excluding hydrogens is 374 g/mol. The lowest BCUT2D eigenvalue weighted by atomic mass is 10.1. The maximum Gasteiger partial charge on any atom is 0.291 e. The number of benzene rings is 1. The zero-order chi connectivity index (χ0) is 18.8. The van der Waals surface area contributed by atoms with Crippen molar-refractivity contribution in [1.29, 1.82) is 0 Å². The number of amides is 1. The molecule has 11 heteroatoms. The predicted molar refractivity (Wildman–Crippen MR) is 89.2 cm³/mol. The minimum atomic E-state index is -3.85. The third-order valence-electron chi connectivity index (χ3n) is 3.43. The molecule has 0 atom stereocenters. The first-order valence-corrected chi connectivity index (χ1v) is 9.32. The fourth-order valence-corrected chi connectivity index (χ4v) is 3.70. The highest BCUT2D eigenvalue weighted by Gasteiger charge is 2.24. The molecule has 1 heterocycles. The first-order chi connectivity index (χ1) is 11.6. The van der Waals surface area contributed by atoms with Gasteiger partial charge < -0.3 is 0 Å². The Morgan fingerprint density at radius 2 is 1.96 bits per heavy atom. The molecule has 0 spiro atoms. The molecule has 2 rings (SSSR count). The number of aromatic nitrogens is 2. The summed E-state index contributed by atoms with van der Waals surface area (Å²) in [7, 11) is -2.60. The molecule has 7 nitrogen and oxygen atoms in total. The molecule has 0 fully saturated rings. The topological polar surface area (TPSA) is 92.3 Å². The van der Waals surface area contributed by atoms with Crippen LogP contribution in [-0.2, 0) is 14.8 Å². The summed E-state index contributed by atoms with van der Waals surface area (Å²) in [6.45, 7) is 3.16. The van der Waals surface area contributed by atoms with Crippen LogP contribution in [0.3, 0.4) is 0 Å². The van der Waals surface area contributed by atoms with Gasteiger partial charge in [-0.3, -0.25) is 10.1 Å². The number of sulfonamides is 1. The standard InChI is InChI=1S/C14H16F2N4O3S2/c1-8-4-5-10(6-9(8)2)25(22,23)20(3)7-11(21)17-14-19-18-13(24-14)12(15)16/h4-6,12H,7H2,1-3H3,(H,17,19,21). The van der Waals surface area contributed by atoms with Crippen molar-refractivity contribution in [2.24, 2.45) is 0 Å². The van der Waals surface area contributed by atoms with E-state index >= 15 is 0 Å². The number of likely N-dealkylation sites (N-methyl/N-ethyl adjacent to an activating group) is 1. The number of hydrogen-bond donors (Lipinski definition) is 1. The van der Waals surface area contributed by atoms with Crippen molar-refractivity contribution < 1.29 is 22.0 Å². The van der Waals surface area contributed by atoms with E-state index in [0.29, 0.717) is 11.3 Å². The summed E-state index contributed by atoms with van der Waals surface area (Å²) in [6, 6.07) is 4.67. The third kappa shape index (κ3) is 4.55. The number of nitrogens with one attached hydrogen (secondary N) is 1. The Balaban J connectivity index is 2.07. The molecule has 0 saturated heterocycles. The molecule has 0 unspecified atom stereocenters. The molecule has 1 N–H and O–H groups in total. The van der Waals surface area contributed by atoms with Gasteiger partial charge in [0.1, 0.15) is 0 Å². The number of anilines is 1. The number of nitrogens with zero attached hydrogens (tertiary/aromatic N) is 3. The molecule has 2 aromatic rings. The van der Waals surface area contributed by atoms with E-state index in [4.69, 9.17) is 0 Å². The fraction of sp³-hybridized carbons (Fsp3) is 0.357. The highest BCUT2D eigenvalue weighted by Crippen LogP contribution is 2.25. The van der Waals surface area contributed by atoms with Gasteiger partial charge in [0.15, 0.2) is 5.01 Å². The maximum absolute atomic E-state index is 12.5. The van der Waals surface area contributed by atoms with Gasteiger partial charge >= 0.3 is 0 Å². The summed E-state index contributed by atoms with van der Waals surface area (Å²) in [5.74, 6) is -0.702. The SMILES string of the molecule is Cc1ccc(S(=O)(=O)N(C)CC(=O)Nc2nnc(C(F)F)s2)cc1C. The molecule has 1 aromatic carbocycles. The van der Waals surface area contributed by atoms with Gasteiger partial charge in [0.25, 0.3) is 6.43 Å². The molecule has 136 valence electrons. The van der Waals surface area contributed by atoms with Gasteiger partial charge in [0.2, 0.25) is 21.1 Å². The molecule has 0 aliphatic rings. The second-order valence-electron chi connectivity index (χ2n) is 5.30. The van der Waals surface area contributed by atoms with E-state index in [-0.39, 0.29) is 10.0 Å². The van der Waals surface area contributed by atoms with Gasteiger partial charge in [-0.1, -0.05) is 17.4 Å². The molecule has 1 amide bonds. The van der Waals surface area contributed by atoms with Gasteiger partial charge in [-0.25, -0.2) is 17.2 Å². The Kier molecular flexibility index (Phi) is 5.80. The predicted octanol–water partition coefficient (Wildman–Crippen LogP) is 2.35. The van der Waals surface area contributed by atoms with E-state index in [1.165, 1.54) is 19.2 Å². The van der Waals surface area contributed by atoms with Crippen LogP contribution in [0.2, 0.25) is 0 Å². The number of alkyl halides is 2. The van der Waals surface area contributed by atoms with Crippen LogP contribution in [0.5, 0.6) is 0 Å². The van der Waals surface area contributed by atoms with E-state index in [1.54, 1.807) is 13.0 Å². The first-order valence-electron chi connectivity index (χ1n) is 7.06. The van der Waals surface area contributed by atoms with E-state index in [9.17, 15) is 22.0 Å². The van der Waals surface area contributed by atoms with Gasteiger partial charge in [-0.05, 0) is 37.1 Å². The van der Waals surface area contributed by atoms with Crippen molar-refractivity contribution in [3.05, 3.63) is 34.3 Å². The number of carbonyl (C=O) groups excluding carboxylic acids is 1. The molecule has 0 aliphatic heterocycles. The van der Waals surface area contributed by atoms with Crippen molar-refractivity contribution in [3.63, 3.8) is 0 Å². The number of carbonyl (C=O) groups is 1. The van der Waals surface area contributed by atoms with E-state index < -0.39 is 33.9 Å². The van der Waals surface area contributed by atoms with Crippen LogP contribution in [0.4, 0.5) is 13.9 Å². The lowest BCUT2D eigenvalue weighted by Crippen LogP contribution is -2.35. The smallest absolute Gasteiger partial charge is 0.291 e. The summed E-state index contributed by atoms with van der Waals surface area (Å²) in [5.41, 5.74) is 1.76. The Morgan fingerprint density at radius 3 is 2.52 bits per heavy atom. The van der Waals surface area contributed by atoms with Gasteiger partial charge in [-0.15, -0.1) is 10.2 Å². The Morgan fingerprint density at radius 1 is 1.28 bits per heavy atom. The second-order valence-corrected chi connectivity index (χ2v) is 8.36. The van der Waals surface area contributed by atoms with Gasteiger partial charge in [0.05, 0.1) is 11.4 Å². The van der Waals surface area contributed by atoms with Crippen molar-refractivity contribution in [2.75, 3.05) is 18.9 Å². The van der Waals surface area contributed by atoms with Crippen LogP contribution < -0.4 is 5.32 Å². The van der Waals surface area contributed by atoms with E-state index in [2.05, 4.69) is 15.5 Å². The minimum Gasteiger partial charge on any atom is -0.299 e. The zero-order valence-corrected chi connectivity index (χ0v) is 15.3. The van der Waals surface area contributed by atoms with Crippen LogP contribution in [0.15, 0.2) is 23.1 Å². The van der Waals surface area contributed by atoms with Crippen LogP contribution in [0, 0.1) is 13.8 Å².